The van der Waals surface area contributed by atoms with Gasteiger partial charge in [0, 0.05) is 31.7 Å². The molecular formula is C11H19N5O. The Morgan fingerprint density at radius 2 is 2.35 bits per heavy atom. The topological polar surface area (TPSA) is 67.4 Å². The summed E-state index contributed by atoms with van der Waals surface area (Å²) < 4.78 is 1.85. The van der Waals surface area contributed by atoms with Crippen LogP contribution in [0, 0.1) is 0 Å². The van der Waals surface area contributed by atoms with Gasteiger partial charge in [-0.25, -0.2) is 0 Å². The Morgan fingerprint density at radius 3 is 2.94 bits per heavy atom. The van der Waals surface area contributed by atoms with Crippen LogP contribution in [-0.2, 0) is 11.3 Å². The van der Waals surface area contributed by atoms with Gasteiger partial charge in [-0.05, 0) is 14.1 Å². The summed E-state index contributed by atoms with van der Waals surface area (Å²) in [5.74, 6) is 0.0876. The van der Waals surface area contributed by atoms with Gasteiger partial charge in [0.2, 0.25) is 5.91 Å². The molecule has 2 rings (SSSR count). The van der Waals surface area contributed by atoms with E-state index < -0.39 is 0 Å². The van der Waals surface area contributed by atoms with Crippen LogP contribution >= 0.6 is 0 Å². The van der Waals surface area contributed by atoms with Crippen molar-refractivity contribution in [3.63, 3.8) is 0 Å². The number of aromatic nitrogens is 2. The first-order valence-electron chi connectivity index (χ1n) is 5.79. The lowest BCUT2D eigenvalue weighted by atomic mass is 10.3. The zero-order valence-electron chi connectivity index (χ0n) is 10.3. The summed E-state index contributed by atoms with van der Waals surface area (Å²) in [7, 11) is 4.04. The van der Waals surface area contributed by atoms with Gasteiger partial charge in [-0.15, -0.1) is 0 Å². The quantitative estimate of drug-likeness (QED) is 0.767. The van der Waals surface area contributed by atoms with Crippen LogP contribution in [0.15, 0.2) is 12.4 Å². The van der Waals surface area contributed by atoms with Crippen molar-refractivity contribution in [2.45, 2.75) is 19.0 Å². The van der Waals surface area contributed by atoms with E-state index in [1.165, 1.54) is 0 Å². The van der Waals surface area contributed by atoms with Crippen LogP contribution < -0.4 is 10.6 Å². The third kappa shape index (κ3) is 2.83. The molecule has 1 unspecified atom stereocenters. The second-order valence-electron chi connectivity index (χ2n) is 4.73. The Balaban J connectivity index is 2.00. The molecule has 6 heteroatoms. The van der Waals surface area contributed by atoms with Gasteiger partial charge < -0.3 is 15.5 Å². The first-order valence-corrected chi connectivity index (χ1v) is 5.79. The molecule has 2 heterocycles. The fraction of sp³-hybridized carbons (Fsp3) is 0.636. The Bertz CT molecular complexity index is 400. The first-order chi connectivity index (χ1) is 8.06. The van der Waals surface area contributed by atoms with Crippen molar-refractivity contribution in [3.8, 4) is 0 Å². The molecule has 94 valence electrons. The van der Waals surface area contributed by atoms with Crippen LogP contribution in [0.4, 0.5) is 5.69 Å². The van der Waals surface area contributed by atoms with Crippen LogP contribution in [0.3, 0.4) is 0 Å². The molecule has 1 aliphatic heterocycles. The molecule has 1 aromatic heterocycles. The fourth-order valence-electron chi connectivity index (χ4n) is 1.90. The summed E-state index contributed by atoms with van der Waals surface area (Å²) in [6.07, 6.45) is 4.06. The smallest absolute Gasteiger partial charge is 0.228 e. The Kier molecular flexibility index (Phi) is 3.44. The molecule has 1 saturated heterocycles. The van der Waals surface area contributed by atoms with Crippen molar-refractivity contribution in [1.29, 1.82) is 0 Å². The third-order valence-electron chi connectivity index (χ3n) is 2.86. The van der Waals surface area contributed by atoms with Gasteiger partial charge in [-0.3, -0.25) is 9.48 Å². The largest absolute Gasteiger partial charge is 0.326 e. The molecule has 2 N–H and O–H groups in total. The number of hydrogen-bond donors (Lipinski definition) is 1. The number of carbonyl (C=O) groups excluding carboxylic acids is 1. The molecule has 0 radical (unpaired) electrons. The van der Waals surface area contributed by atoms with Gasteiger partial charge in [0.05, 0.1) is 18.4 Å². The van der Waals surface area contributed by atoms with E-state index in [4.69, 9.17) is 5.73 Å². The van der Waals surface area contributed by atoms with Gasteiger partial charge in [0.1, 0.15) is 0 Å². The van der Waals surface area contributed by atoms with Crippen molar-refractivity contribution in [2.24, 2.45) is 5.73 Å². The van der Waals surface area contributed by atoms with Gasteiger partial charge in [-0.1, -0.05) is 0 Å². The Morgan fingerprint density at radius 1 is 1.59 bits per heavy atom. The summed E-state index contributed by atoms with van der Waals surface area (Å²) in [6.45, 7) is 2.34. The molecule has 1 fully saturated rings. The second-order valence-corrected chi connectivity index (χ2v) is 4.73. The average Bonchev–Trinajstić information content (AvgIpc) is 2.82. The molecule has 1 aliphatic rings. The van der Waals surface area contributed by atoms with Crippen molar-refractivity contribution < 1.29 is 4.79 Å². The van der Waals surface area contributed by atoms with Crippen LogP contribution in [0.2, 0.25) is 0 Å². The second kappa shape index (κ2) is 4.85. The highest BCUT2D eigenvalue weighted by atomic mass is 16.2. The average molecular weight is 237 g/mol. The predicted molar refractivity (Wildman–Crippen MR) is 65.7 cm³/mol. The minimum absolute atomic E-state index is 0.0485. The van der Waals surface area contributed by atoms with E-state index in [0.29, 0.717) is 13.0 Å². The highest BCUT2D eigenvalue weighted by Gasteiger charge is 2.28. The van der Waals surface area contributed by atoms with Gasteiger partial charge in [-0.2, -0.15) is 5.10 Å². The minimum atomic E-state index is -0.0485. The summed E-state index contributed by atoms with van der Waals surface area (Å²) >= 11 is 0. The number of nitrogens with zero attached hydrogens (tertiary/aromatic N) is 4. The molecular weight excluding hydrogens is 218 g/mol. The Labute approximate surface area is 101 Å². The number of nitrogens with two attached hydrogens (primary N) is 1. The van der Waals surface area contributed by atoms with Crippen molar-refractivity contribution in [2.75, 3.05) is 32.1 Å². The minimum Gasteiger partial charge on any atom is -0.326 e. The SMILES string of the molecule is CN(C)CCn1cc(N2CC(N)CC2=O)cn1. The first kappa shape index (κ1) is 12.1. The lowest BCUT2D eigenvalue weighted by molar-refractivity contribution is -0.117. The van der Waals surface area contributed by atoms with Crippen molar-refractivity contribution in [3.05, 3.63) is 12.4 Å². The molecule has 1 atom stereocenters. The molecule has 1 amide bonds. The lowest BCUT2D eigenvalue weighted by Crippen LogP contribution is -2.27. The fourth-order valence-corrected chi connectivity index (χ4v) is 1.90. The zero-order chi connectivity index (χ0) is 12.4. The lowest BCUT2D eigenvalue weighted by Gasteiger charge is -2.13. The zero-order valence-corrected chi connectivity index (χ0v) is 10.3. The van der Waals surface area contributed by atoms with Crippen molar-refractivity contribution >= 4 is 11.6 Å². The number of amides is 1. The van der Waals surface area contributed by atoms with Crippen molar-refractivity contribution in [1.82, 2.24) is 14.7 Å². The van der Waals surface area contributed by atoms with E-state index in [0.717, 1.165) is 18.8 Å². The molecule has 0 bridgehead atoms. The Hall–Kier alpha value is -1.40. The molecule has 6 nitrogen and oxygen atoms in total. The summed E-state index contributed by atoms with van der Waals surface area (Å²) in [4.78, 5) is 15.5. The highest BCUT2D eigenvalue weighted by molar-refractivity contribution is 5.95. The highest BCUT2D eigenvalue weighted by Crippen LogP contribution is 2.19. The number of likely N-dealkylation sites (N-methyl/N-ethyl adjacent to an activating group) is 1. The maximum absolute atomic E-state index is 11.7. The standard InChI is InChI=1S/C11H19N5O/c1-14(2)3-4-15-8-10(6-13-15)16-7-9(12)5-11(16)17/h6,8-9H,3-5,7,12H2,1-2H3. The van der Waals surface area contributed by atoms with Gasteiger partial charge >= 0.3 is 0 Å². The normalized spacial score (nSPS) is 20.6. The monoisotopic (exact) mass is 237 g/mol. The van der Waals surface area contributed by atoms with E-state index >= 15 is 0 Å². The van der Waals surface area contributed by atoms with Crippen LogP contribution in [0.25, 0.3) is 0 Å². The number of anilines is 1. The predicted octanol–water partition coefficient (Wildman–Crippen LogP) is -0.491. The molecule has 0 spiro atoms. The molecule has 17 heavy (non-hydrogen) atoms. The maximum Gasteiger partial charge on any atom is 0.228 e. The van der Waals surface area contributed by atoms with E-state index in [1.54, 1.807) is 11.1 Å². The van der Waals surface area contributed by atoms with E-state index in [1.807, 2.05) is 25.0 Å². The van der Waals surface area contributed by atoms with Crippen LogP contribution in [-0.4, -0.2) is 53.8 Å². The summed E-state index contributed by atoms with van der Waals surface area (Å²) in [5.41, 5.74) is 6.61. The number of carbonyl (C=O) groups is 1. The number of rotatable bonds is 4. The molecule has 0 aromatic carbocycles. The van der Waals surface area contributed by atoms with E-state index in [2.05, 4.69) is 10.00 Å². The number of hydrogen-bond acceptors (Lipinski definition) is 4. The summed E-state index contributed by atoms with van der Waals surface area (Å²) in [5, 5.41) is 4.25. The van der Waals surface area contributed by atoms with E-state index in [-0.39, 0.29) is 11.9 Å². The van der Waals surface area contributed by atoms with Gasteiger partial charge in [0.25, 0.3) is 0 Å². The maximum atomic E-state index is 11.7. The van der Waals surface area contributed by atoms with Crippen LogP contribution in [0.1, 0.15) is 6.42 Å². The molecule has 0 aliphatic carbocycles. The van der Waals surface area contributed by atoms with Gasteiger partial charge in [0.15, 0.2) is 0 Å². The third-order valence-corrected chi connectivity index (χ3v) is 2.86. The van der Waals surface area contributed by atoms with Crippen LogP contribution in [0.5, 0.6) is 0 Å². The summed E-state index contributed by atoms with van der Waals surface area (Å²) in [6, 6.07) is -0.0485. The molecule has 1 aromatic rings. The van der Waals surface area contributed by atoms with E-state index in [9.17, 15) is 4.79 Å². The molecule has 0 saturated carbocycles.